The van der Waals surface area contributed by atoms with Crippen LogP contribution in [0.3, 0.4) is 0 Å². The highest BCUT2D eigenvalue weighted by Crippen LogP contribution is 2.28. The van der Waals surface area contributed by atoms with Crippen LogP contribution in [0.15, 0.2) is 0 Å². The van der Waals surface area contributed by atoms with Crippen molar-refractivity contribution in [2.24, 2.45) is 5.92 Å². The first-order chi connectivity index (χ1) is 7.27. The van der Waals surface area contributed by atoms with Gasteiger partial charge in [0, 0.05) is 12.1 Å². The number of hydrogen-bond acceptors (Lipinski definition) is 2. The van der Waals surface area contributed by atoms with Crippen LogP contribution in [-0.4, -0.2) is 23.3 Å². The van der Waals surface area contributed by atoms with Gasteiger partial charge in [-0.1, -0.05) is 19.3 Å². The molecule has 0 spiro atoms. The minimum absolute atomic E-state index is 0.0870. The first-order valence-corrected chi connectivity index (χ1v) is 6.71. The Kier molecular flexibility index (Phi) is 4.04. The second-order valence-corrected chi connectivity index (χ2v) is 5.46. The predicted octanol–water partition coefficient (Wildman–Crippen LogP) is 2.46. The Morgan fingerprint density at radius 3 is 2.33 bits per heavy atom. The predicted molar refractivity (Wildman–Crippen MR) is 62.8 cm³/mol. The van der Waals surface area contributed by atoms with Crippen LogP contribution < -0.4 is 5.32 Å². The molecule has 88 valence electrons. The molecule has 0 aromatic carbocycles. The first-order valence-electron chi connectivity index (χ1n) is 6.71. The minimum atomic E-state index is -0.0870. The lowest BCUT2D eigenvalue weighted by Gasteiger charge is -2.31. The summed E-state index contributed by atoms with van der Waals surface area (Å²) >= 11 is 0. The second kappa shape index (κ2) is 5.31. The van der Waals surface area contributed by atoms with Gasteiger partial charge in [0.15, 0.2) is 0 Å². The summed E-state index contributed by atoms with van der Waals surface area (Å²) in [5.41, 5.74) is 0. The molecule has 0 aromatic heterocycles. The number of rotatable bonds is 3. The van der Waals surface area contributed by atoms with E-state index < -0.39 is 0 Å². The van der Waals surface area contributed by atoms with Gasteiger partial charge in [-0.25, -0.2) is 0 Å². The van der Waals surface area contributed by atoms with Gasteiger partial charge in [-0.2, -0.15) is 0 Å². The van der Waals surface area contributed by atoms with E-state index in [0.29, 0.717) is 12.1 Å². The molecule has 3 atom stereocenters. The molecule has 0 aliphatic heterocycles. The highest BCUT2D eigenvalue weighted by atomic mass is 16.3. The van der Waals surface area contributed by atoms with Crippen molar-refractivity contribution in [3.63, 3.8) is 0 Å². The van der Waals surface area contributed by atoms with Crippen molar-refractivity contribution >= 4 is 0 Å². The largest absolute Gasteiger partial charge is 0.392 e. The number of aliphatic hydroxyl groups is 1. The fourth-order valence-electron chi connectivity index (χ4n) is 3.24. The van der Waals surface area contributed by atoms with Crippen LogP contribution in [0.4, 0.5) is 0 Å². The van der Waals surface area contributed by atoms with Crippen molar-refractivity contribution in [1.82, 2.24) is 5.32 Å². The molecule has 15 heavy (non-hydrogen) atoms. The average molecular weight is 211 g/mol. The van der Waals surface area contributed by atoms with Crippen molar-refractivity contribution in [3.05, 3.63) is 0 Å². The van der Waals surface area contributed by atoms with Crippen LogP contribution in [0.1, 0.15) is 58.3 Å². The fraction of sp³-hybridized carbons (Fsp3) is 1.00. The quantitative estimate of drug-likeness (QED) is 0.751. The van der Waals surface area contributed by atoms with E-state index in [4.69, 9.17) is 0 Å². The Morgan fingerprint density at radius 1 is 1.00 bits per heavy atom. The lowest BCUT2D eigenvalue weighted by atomic mass is 9.84. The van der Waals surface area contributed by atoms with Gasteiger partial charge in [-0.3, -0.25) is 0 Å². The van der Waals surface area contributed by atoms with E-state index in [0.717, 1.165) is 18.8 Å². The van der Waals surface area contributed by atoms with Crippen molar-refractivity contribution in [2.75, 3.05) is 0 Å². The maximum Gasteiger partial charge on any atom is 0.0693 e. The van der Waals surface area contributed by atoms with Crippen LogP contribution in [0, 0.1) is 5.92 Å². The van der Waals surface area contributed by atoms with Gasteiger partial charge in [0.05, 0.1) is 6.10 Å². The molecule has 2 unspecified atom stereocenters. The summed E-state index contributed by atoms with van der Waals surface area (Å²) < 4.78 is 0. The topological polar surface area (TPSA) is 32.3 Å². The normalized spacial score (nSPS) is 35.6. The SMILES string of the molecule is C[C@H](NC1CCCC1O)C1CCCCC1. The maximum atomic E-state index is 9.77. The summed E-state index contributed by atoms with van der Waals surface area (Å²) in [5.74, 6) is 0.853. The summed E-state index contributed by atoms with van der Waals surface area (Å²) in [6, 6.07) is 0.977. The third kappa shape index (κ3) is 2.94. The van der Waals surface area contributed by atoms with Crippen LogP contribution >= 0.6 is 0 Å². The minimum Gasteiger partial charge on any atom is -0.392 e. The van der Waals surface area contributed by atoms with Crippen LogP contribution in [0.2, 0.25) is 0 Å². The van der Waals surface area contributed by atoms with Crippen molar-refractivity contribution in [2.45, 2.75) is 76.5 Å². The smallest absolute Gasteiger partial charge is 0.0693 e. The Labute approximate surface area is 93.5 Å². The summed E-state index contributed by atoms with van der Waals surface area (Å²) in [4.78, 5) is 0. The van der Waals surface area contributed by atoms with E-state index in [9.17, 15) is 5.11 Å². The zero-order valence-corrected chi connectivity index (χ0v) is 9.91. The van der Waals surface area contributed by atoms with Gasteiger partial charge in [0.1, 0.15) is 0 Å². The van der Waals surface area contributed by atoms with Crippen LogP contribution in [-0.2, 0) is 0 Å². The molecular formula is C13H25NO. The van der Waals surface area contributed by atoms with Crippen LogP contribution in [0.25, 0.3) is 0 Å². The van der Waals surface area contributed by atoms with E-state index >= 15 is 0 Å². The van der Waals surface area contributed by atoms with E-state index in [1.807, 2.05) is 0 Å². The highest BCUT2D eigenvalue weighted by Gasteiger charge is 2.28. The summed E-state index contributed by atoms with van der Waals surface area (Å²) in [7, 11) is 0. The van der Waals surface area contributed by atoms with Gasteiger partial charge in [0.2, 0.25) is 0 Å². The van der Waals surface area contributed by atoms with Gasteiger partial charge >= 0.3 is 0 Å². The van der Waals surface area contributed by atoms with Gasteiger partial charge in [0.25, 0.3) is 0 Å². The van der Waals surface area contributed by atoms with E-state index in [1.165, 1.54) is 38.5 Å². The molecule has 2 saturated carbocycles. The zero-order valence-electron chi connectivity index (χ0n) is 9.91. The van der Waals surface area contributed by atoms with Crippen LogP contribution in [0.5, 0.6) is 0 Å². The first kappa shape index (κ1) is 11.4. The number of hydrogen-bond donors (Lipinski definition) is 2. The Morgan fingerprint density at radius 2 is 1.73 bits per heavy atom. The zero-order chi connectivity index (χ0) is 10.7. The van der Waals surface area contributed by atoms with E-state index in [2.05, 4.69) is 12.2 Å². The van der Waals surface area contributed by atoms with Crippen molar-refractivity contribution < 1.29 is 5.11 Å². The molecular weight excluding hydrogens is 186 g/mol. The molecule has 0 amide bonds. The molecule has 0 bridgehead atoms. The van der Waals surface area contributed by atoms with Crippen molar-refractivity contribution in [3.8, 4) is 0 Å². The molecule has 0 heterocycles. The molecule has 0 radical (unpaired) electrons. The lowest BCUT2D eigenvalue weighted by Crippen LogP contribution is -2.45. The maximum absolute atomic E-state index is 9.77. The summed E-state index contributed by atoms with van der Waals surface area (Å²) in [6.07, 6.45) is 10.3. The molecule has 0 saturated heterocycles. The molecule has 2 aliphatic carbocycles. The number of aliphatic hydroxyl groups excluding tert-OH is 1. The fourth-order valence-corrected chi connectivity index (χ4v) is 3.24. The van der Waals surface area contributed by atoms with Gasteiger partial charge in [-0.15, -0.1) is 0 Å². The second-order valence-electron chi connectivity index (χ2n) is 5.46. The molecule has 2 fully saturated rings. The summed E-state index contributed by atoms with van der Waals surface area (Å²) in [5, 5.41) is 13.4. The van der Waals surface area contributed by atoms with Crippen molar-refractivity contribution in [1.29, 1.82) is 0 Å². The monoisotopic (exact) mass is 211 g/mol. The van der Waals surface area contributed by atoms with E-state index in [-0.39, 0.29) is 6.10 Å². The van der Waals surface area contributed by atoms with Gasteiger partial charge in [-0.05, 0) is 44.9 Å². The van der Waals surface area contributed by atoms with E-state index in [1.54, 1.807) is 0 Å². The third-order valence-electron chi connectivity index (χ3n) is 4.31. The lowest BCUT2D eigenvalue weighted by molar-refractivity contribution is 0.133. The molecule has 2 N–H and O–H groups in total. The van der Waals surface area contributed by atoms with Gasteiger partial charge < -0.3 is 10.4 Å². The Hall–Kier alpha value is -0.0800. The molecule has 2 nitrogen and oxygen atoms in total. The molecule has 2 heteroatoms. The average Bonchev–Trinajstić information content (AvgIpc) is 2.66. The molecule has 0 aromatic rings. The number of nitrogens with one attached hydrogen (secondary N) is 1. The summed E-state index contributed by atoms with van der Waals surface area (Å²) in [6.45, 7) is 2.31. The molecule has 2 rings (SSSR count). The highest BCUT2D eigenvalue weighted by molar-refractivity contribution is 4.87. The Bertz CT molecular complexity index is 189. The molecule has 2 aliphatic rings. The third-order valence-corrected chi connectivity index (χ3v) is 4.31. The Balaban J connectivity index is 1.77. The standard InChI is InChI=1S/C13H25NO/c1-10(11-6-3-2-4-7-11)14-12-8-5-9-13(12)15/h10-15H,2-9H2,1H3/t10-,12?,13?/m0/s1.